The fourth-order valence-corrected chi connectivity index (χ4v) is 4.48. The first kappa shape index (κ1) is 23.0. The predicted molar refractivity (Wildman–Crippen MR) is 125 cm³/mol. The van der Waals surface area contributed by atoms with Crippen LogP contribution >= 0.6 is 22.9 Å². The van der Waals surface area contributed by atoms with Gasteiger partial charge in [-0.25, -0.2) is 0 Å². The zero-order valence-corrected chi connectivity index (χ0v) is 18.8. The Labute approximate surface area is 181 Å². The molecular formula is C23H27ClN2O2S. The average molecular weight is 431 g/mol. The van der Waals surface area contributed by atoms with Crippen LogP contribution < -0.4 is 0 Å². The summed E-state index contributed by atoms with van der Waals surface area (Å²) >= 11 is 7.89. The van der Waals surface area contributed by atoms with Crippen molar-refractivity contribution in [2.45, 2.75) is 47.0 Å². The van der Waals surface area contributed by atoms with E-state index in [1.807, 2.05) is 24.3 Å². The zero-order valence-electron chi connectivity index (χ0n) is 17.3. The van der Waals surface area contributed by atoms with Crippen molar-refractivity contribution < 1.29 is 9.90 Å². The van der Waals surface area contributed by atoms with Gasteiger partial charge in [-0.15, -0.1) is 11.3 Å². The first-order valence-corrected chi connectivity index (χ1v) is 10.8. The summed E-state index contributed by atoms with van der Waals surface area (Å²) in [5.74, 6) is -0.991. The highest BCUT2D eigenvalue weighted by atomic mass is 35.5. The number of rotatable bonds is 9. The molecule has 0 aliphatic carbocycles. The van der Waals surface area contributed by atoms with Gasteiger partial charge >= 0.3 is 5.97 Å². The molecule has 2 rings (SSSR count). The highest BCUT2D eigenvalue weighted by Crippen LogP contribution is 2.36. The summed E-state index contributed by atoms with van der Waals surface area (Å²) in [7, 11) is 0. The summed E-state index contributed by atoms with van der Waals surface area (Å²) in [6.07, 6.45) is 6.89. The van der Waals surface area contributed by atoms with Gasteiger partial charge in [0.1, 0.15) is 0 Å². The molecule has 6 heteroatoms. The Morgan fingerprint density at radius 1 is 1.17 bits per heavy atom. The van der Waals surface area contributed by atoms with E-state index >= 15 is 0 Å². The van der Waals surface area contributed by atoms with Crippen LogP contribution in [-0.2, 0) is 4.79 Å². The number of aliphatic carboxylic acids is 1. The van der Waals surface area contributed by atoms with E-state index in [2.05, 4.69) is 37.1 Å². The zero-order chi connectivity index (χ0) is 21.4. The van der Waals surface area contributed by atoms with E-state index in [9.17, 15) is 9.90 Å². The lowest BCUT2D eigenvalue weighted by atomic mass is 9.92. The Balaban J connectivity index is 2.34. The number of hydrogen-bond acceptors (Lipinski definition) is 4. The summed E-state index contributed by atoms with van der Waals surface area (Å²) in [6, 6.07) is 7.87. The van der Waals surface area contributed by atoms with Gasteiger partial charge in [-0.1, -0.05) is 29.8 Å². The molecule has 0 unspecified atom stereocenters. The van der Waals surface area contributed by atoms with Gasteiger partial charge in [0.2, 0.25) is 0 Å². The number of allylic oxidation sites excluding steroid dienone is 1. The number of carboxylic acids is 1. The second-order valence-electron chi connectivity index (χ2n) is 6.91. The summed E-state index contributed by atoms with van der Waals surface area (Å²) in [4.78, 5) is 13.8. The van der Waals surface area contributed by atoms with Crippen LogP contribution in [0.4, 0.5) is 0 Å². The molecule has 1 heterocycles. The number of hydrogen-bond donors (Lipinski definition) is 1. The maximum atomic E-state index is 11.2. The van der Waals surface area contributed by atoms with Crippen LogP contribution in [0.25, 0.3) is 5.57 Å². The van der Waals surface area contributed by atoms with Crippen molar-refractivity contribution in [2.24, 2.45) is 16.1 Å². The number of carbonyl (C=O) groups is 1. The van der Waals surface area contributed by atoms with Gasteiger partial charge in [-0.05, 0) is 74.9 Å². The van der Waals surface area contributed by atoms with Gasteiger partial charge in [-0.2, -0.15) is 10.2 Å². The minimum atomic E-state index is -0.830. The average Bonchev–Trinajstić information content (AvgIpc) is 2.91. The summed E-state index contributed by atoms with van der Waals surface area (Å²) < 4.78 is 0. The van der Waals surface area contributed by atoms with E-state index in [1.165, 1.54) is 26.5 Å². The van der Waals surface area contributed by atoms with E-state index in [0.717, 1.165) is 12.0 Å². The van der Waals surface area contributed by atoms with Gasteiger partial charge in [0.05, 0.1) is 6.42 Å². The molecule has 0 radical (unpaired) electrons. The molecule has 0 saturated heterocycles. The second-order valence-corrected chi connectivity index (χ2v) is 8.78. The maximum absolute atomic E-state index is 11.2. The molecule has 0 bridgehead atoms. The molecule has 4 nitrogen and oxygen atoms in total. The number of halogens is 1. The minimum absolute atomic E-state index is 0.0441. The topological polar surface area (TPSA) is 62.0 Å². The molecule has 0 aliphatic rings. The minimum Gasteiger partial charge on any atom is -0.481 e. The Bertz CT molecular complexity index is 927. The number of thiophene rings is 1. The highest BCUT2D eigenvalue weighted by molar-refractivity contribution is 7.12. The molecule has 0 saturated carbocycles. The molecular weight excluding hydrogens is 404 g/mol. The van der Waals surface area contributed by atoms with Crippen LogP contribution in [0.3, 0.4) is 0 Å². The number of nitrogens with zero attached hydrogens (tertiary/aromatic N) is 2. The van der Waals surface area contributed by atoms with Crippen molar-refractivity contribution >= 4 is 46.9 Å². The largest absolute Gasteiger partial charge is 0.481 e. The van der Waals surface area contributed by atoms with Gasteiger partial charge in [0.25, 0.3) is 0 Å². The van der Waals surface area contributed by atoms with Gasteiger partial charge in [0.15, 0.2) is 0 Å². The van der Waals surface area contributed by atoms with Crippen molar-refractivity contribution in [3.05, 3.63) is 61.8 Å². The predicted octanol–water partition coefficient (Wildman–Crippen LogP) is 6.71. The van der Waals surface area contributed by atoms with E-state index in [0.29, 0.717) is 11.4 Å². The molecule has 1 atom stereocenters. The van der Waals surface area contributed by atoms with E-state index < -0.39 is 5.97 Å². The molecule has 2 aromatic rings. The molecule has 1 N–H and O–H groups in total. The monoisotopic (exact) mass is 430 g/mol. The molecule has 1 aromatic carbocycles. The van der Waals surface area contributed by atoms with Crippen LogP contribution in [0, 0.1) is 26.7 Å². The van der Waals surface area contributed by atoms with Crippen molar-refractivity contribution in [3.8, 4) is 0 Å². The fraction of sp³-hybridized carbons (Fsp3) is 0.348. The quantitative estimate of drug-likeness (QED) is 0.355. The molecule has 154 valence electrons. The molecule has 29 heavy (non-hydrogen) atoms. The van der Waals surface area contributed by atoms with E-state index in [4.69, 9.17) is 11.6 Å². The first-order chi connectivity index (χ1) is 13.8. The standard InChI is InChI=1S/C23H27ClN2O2S/c1-5-25-26-14-18(13-22(27)28)7-6-8-21(19-9-11-20(24)12-10-19)23-15(2)16(3)29-17(23)4/h5,8-12,14,18H,6-7,13H2,1-4H3,(H,27,28)/b21-8-,25-5+,26-14+/t18-/m0/s1. The van der Waals surface area contributed by atoms with Crippen LogP contribution in [0.15, 0.2) is 40.5 Å². The molecule has 0 amide bonds. The highest BCUT2D eigenvalue weighted by Gasteiger charge is 2.16. The SMILES string of the molecule is C/C=N/N=C/[C@@H](CC/C=C(/c1ccc(Cl)cc1)c1c(C)sc(C)c1C)CC(=O)O. The van der Waals surface area contributed by atoms with Crippen molar-refractivity contribution in [2.75, 3.05) is 0 Å². The summed E-state index contributed by atoms with van der Waals surface area (Å²) in [6.45, 7) is 8.22. The molecule has 1 aromatic heterocycles. The third-order valence-electron chi connectivity index (χ3n) is 4.77. The third-order valence-corrected chi connectivity index (χ3v) is 6.14. The molecule has 0 spiro atoms. The Hall–Kier alpha value is -2.24. The van der Waals surface area contributed by atoms with Crippen LogP contribution in [0.5, 0.6) is 0 Å². The first-order valence-electron chi connectivity index (χ1n) is 9.59. The number of carboxylic acid groups (broad SMARTS) is 1. The summed E-state index contributed by atoms with van der Waals surface area (Å²) in [5.41, 5.74) is 4.82. The van der Waals surface area contributed by atoms with Gasteiger partial charge in [0, 0.05) is 33.1 Å². The number of benzene rings is 1. The van der Waals surface area contributed by atoms with Crippen LogP contribution in [0.1, 0.15) is 52.6 Å². The van der Waals surface area contributed by atoms with Gasteiger partial charge in [-0.3, -0.25) is 4.79 Å². The van der Waals surface area contributed by atoms with Crippen LogP contribution in [-0.4, -0.2) is 23.5 Å². The maximum Gasteiger partial charge on any atom is 0.303 e. The molecule has 0 fully saturated rings. The van der Waals surface area contributed by atoms with E-state index in [-0.39, 0.29) is 12.3 Å². The third kappa shape index (κ3) is 6.65. The lowest BCUT2D eigenvalue weighted by Gasteiger charge is -2.12. The van der Waals surface area contributed by atoms with Gasteiger partial charge < -0.3 is 5.11 Å². The smallest absolute Gasteiger partial charge is 0.303 e. The Morgan fingerprint density at radius 2 is 1.86 bits per heavy atom. The van der Waals surface area contributed by atoms with Crippen molar-refractivity contribution in [1.29, 1.82) is 0 Å². The van der Waals surface area contributed by atoms with Crippen LogP contribution in [0.2, 0.25) is 5.02 Å². The lowest BCUT2D eigenvalue weighted by molar-refractivity contribution is -0.137. The van der Waals surface area contributed by atoms with E-state index in [1.54, 1.807) is 30.7 Å². The fourth-order valence-electron chi connectivity index (χ4n) is 3.28. The normalized spacial score (nSPS) is 13.5. The second kappa shape index (κ2) is 11.1. The Kier molecular flexibility index (Phi) is 8.80. The lowest BCUT2D eigenvalue weighted by Crippen LogP contribution is -2.09. The summed E-state index contributed by atoms with van der Waals surface area (Å²) in [5, 5.41) is 17.6. The Morgan fingerprint density at radius 3 is 2.41 bits per heavy atom. The van der Waals surface area contributed by atoms with Crippen molar-refractivity contribution in [3.63, 3.8) is 0 Å². The molecule has 0 aliphatic heterocycles. The van der Waals surface area contributed by atoms with Crippen molar-refractivity contribution in [1.82, 2.24) is 0 Å². The number of aryl methyl sites for hydroxylation is 2.